The zero-order valence-corrected chi connectivity index (χ0v) is 11.2. The van der Waals surface area contributed by atoms with Crippen LogP contribution in [0.25, 0.3) is 0 Å². The van der Waals surface area contributed by atoms with Crippen LogP contribution in [0.2, 0.25) is 0 Å². The average Bonchev–Trinajstić information content (AvgIpc) is 3.09. The van der Waals surface area contributed by atoms with Crippen molar-refractivity contribution in [1.29, 1.82) is 0 Å². The number of epoxide rings is 1. The lowest BCUT2D eigenvalue weighted by Crippen LogP contribution is -2.09. The lowest BCUT2D eigenvalue weighted by atomic mass is 9.94. The Kier molecular flexibility index (Phi) is 3.72. The molecule has 0 radical (unpaired) electrons. The molecule has 1 atom stereocenters. The SMILES string of the molecule is CC(C)c1cccc(C(C)C)c1OCC1CO1. The van der Waals surface area contributed by atoms with Crippen LogP contribution in [0.4, 0.5) is 0 Å². The van der Waals surface area contributed by atoms with E-state index >= 15 is 0 Å². The number of para-hydroxylation sites is 1. The minimum Gasteiger partial charge on any atom is -0.490 e. The fourth-order valence-electron chi connectivity index (χ4n) is 1.99. The summed E-state index contributed by atoms with van der Waals surface area (Å²) in [5.41, 5.74) is 2.61. The van der Waals surface area contributed by atoms with Crippen LogP contribution in [0.1, 0.15) is 50.7 Å². The van der Waals surface area contributed by atoms with E-state index in [1.54, 1.807) is 0 Å². The van der Waals surface area contributed by atoms with Crippen molar-refractivity contribution in [2.75, 3.05) is 13.2 Å². The summed E-state index contributed by atoms with van der Waals surface area (Å²) < 4.78 is 11.2. The molecule has 1 saturated heterocycles. The highest BCUT2D eigenvalue weighted by molar-refractivity contribution is 5.44. The number of hydrogen-bond donors (Lipinski definition) is 0. The number of benzene rings is 1. The molecule has 0 spiro atoms. The van der Waals surface area contributed by atoms with Gasteiger partial charge in [0, 0.05) is 0 Å². The summed E-state index contributed by atoms with van der Waals surface area (Å²) in [7, 11) is 0. The van der Waals surface area contributed by atoms with Crippen LogP contribution < -0.4 is 4.74 Å². The van der Waals surface area contributed by atoms with Crippen LogP contribution in [0.15, 0.2) is 18.2 Å². The fraction of sp³-hybridized carbons (Fsp3) is 0.600. The molecule has 1 unspecified atom stereocenters. The zero-order valence-electron chi connectivity index (χ0n) is 11.2. The standard InChI is InChI=1S/C15H22O2/c1-10(2)13-6-5-7-14(11(3)4)15(13)17-9-12-8-16-12/h5-7,10-12H,8-9H2,1-4H3. The molecule has 1 aromatic rings. The minimum atomic E-state index is 0.315. The van der Waals surface area contributed by atoms with Gasteiger partial charge >= 0.3 is 0 Å². The van der Waals surface area contributed by atoms with Gasteiger partial charge in [0.2, 0.25) is 0 Å². The van der Waals surface area contributed by atoms with Gasteiger partial charge in [-0.1, -0.05) is 45.9 Å². The second kappa shape index (κ2) is 5.09. The van der Waals surface area contributed by atoms with Crippen molar-refractivity contribution in [3.63, 3.8) is 0 Å². The van der Waals surface area contributed by atoms with E-state index in [0.29, 0.717) is 24.5 Å². The molecule has 1 heterocycles. The second-order valence-corrected chi connectivity index (χ2v) is 5.34. The van der Waals surface area contributed by atoms with E-state index < -0.39 is 0 Å². The summed E-state index contributed by atoms with van der Waals surface area (Å²) in [5.74, 6) is 2.06. The van der Waals surface area contributed by atoms with Crippen molar-refractivity contribution < 1.29 is 9.47 Å². The van der Waals surface area contributed by atoms with Crippen molar-refractivity contribution in [2.24, 2.45) is 0 Å². The number of ether oxygens (including phenoxy) is 2. The third kappa shape index (κ3) is 3.01. The Morgan fingerprint density at radius 2 is 1.71 bits per heavy atom. The maximum Gasteiger partial charge on any atom is 0.126 e. The average molecular weight is 234 g/mol. The van der Waals surface area contributed by atoms with Crippen LogP contribution in [-0.4, -0.2) is 19.3 Å². The van der Waals surface area contributed by atoms with Crippen LogP contribution >= 0.6 is 0 Å². The Bertz CT molecular complexity index is 352. The summed E-state index contributed by atoms with van der Waals surface area (Å²) in [6.07, 6.45) is 0.315. The molecule has 1 aromatic carbocycles. The highest BCUT2D eigenvalue weighted by atomic mass is 16.6. The Balaban J connectivity index is 2.27. The second-order valence-electron chi connectivity index (χ2n) is 5.34. The highest BCUT2D eigenvalue weighted by Crippen LogP contribution is 2.34. The molecule has 0 aliphatic carbocycles. The van der Waals surface area contributed by atoms with Gasteiger partial charge in [0.15, 0.2) is 0 Å². The van der Waals surface area contributed by atoms with E-state index in [2.05, 4.69) is 45.9 Å². The zero-order chi connectivity index (χ0) is 12.4. The van der Waals surface area contributed by atoms with E-state index in [9.17, 15) is 0 Å². The molecule has 0 aromatic heterocycles. The first-order valence-electron chi connectivity index (χ1n) is 6.46. The molecule has 1 aliphatic heterocycles. The van der Waals surface area contributed by atoms with Crippen molar-refractivity contribution in [3.8, 4) is 5.75 Å². The van der Waals surface area contributed by atoms with E-state index in [4.69, 9.17) is 9.47 Å². The van der Waals surface area contributed by atoms with Gasteiger partial charge in [0.25, 0.3) is 0 Å². The molecular weight excluding hydrogens is 212 g/mol. The van der Waals surface area contributed by atoms with Crippen LogP contribution in [0.3, 0.4) is 0 Å². The van der Waals surface area contributed by atoms with Gasteiger partial charge in [0.1, 0.15) is 18.5 Å². The Morgan fingerprint density at radius 3 is 2.12 bits per heavy atom. The molecule has 2 nitrogen and oxygen atoms in total. The molecule has 0 amide bonds. The van der Waals surface area contributed by atoms with Gasteiger partial charge in [-0.2, -0.15) is 0 Å². The predicted octanol–water partition coefficient (Wildman–Crippen LogP) is 3.71. The number of rotatable bonds is 5. The van der Waals surface area contributed by atoms with Gasteiger partial charge in [-0.05, 0) is 23.0 Å². The van der Waals surface area contributed by atoms with E-state index in [1.165, 1.54) is 11.1 Å². The van der Waals surface area contributed by atoms with Gasteiger partial charge in [0.05, 0.1) is 6.61 Å². The summed E-state index contributed by atoms with van der Waals surface area (Å²) >= 11 is 0. The Labute approximate surface area is 104 Å². The molecule has 0 saturated carbocycles. The highest BCUT2D eigenvalue weighted by Gasteiger charge is 2.24. The first-order chi connectivity index (χ1) is 8.09. The van der Waals surface area contributed by atoms with Crippen LogP contribution in [-0.2, 0) is 4.74 Å². The summed E-state index contributed by atoms with van der Waals surface area (Å²) in [6.45, 7) is 10.4. The van der Waals surface area contributed by atoms with Crippen LogP contribution in [0.5, 0.6) is 5.75 Å². The topological polar surface area (TPSA) is 21.8 Å². The van der Waals surface area contributed by atoms with Crippen LogP contribution in [0, 0.1) is 0 Å². The molecule has 0 bridgehead atoms. The van der Waals surface area contributed by atoms with Gasteiger partial charge < -0.3 is 9.47 Å². The quantitative estimate of drug-likeness (QED) is 0.724. The molecule has 94 valence electrons. The first kappa shape index (κ1) is 12.4. The first-order valence-corrected chi connectivity index (χ1v) is 6.46. The summed E-state index contributed by atoms with van der Waals surface area (Å²) in [6, 6.07) is 6.46. The fourth-order valence-corrected chi connectivity index (χ4v) is 1.99. The Morgan fingerprint density at radius 1 is 1.18 bits per heavy atom. The van der Waals surface area contributed by atoms with E-state index in [-0.39, 0.29) is 0 Å². The van der Waals surface area contributed by atoms with Crippen molar-refractivity contribution in [3.05, 3.63) is 29.3 Å². The normalized spacial score (nSPS) is 18.8. The maximum atomic E-state index is 5.99. The molecule has 2 heteroatoms. The van der Waals surface area contributed by atoms with Gasteiger partial charge in [-0.25, -0.2) is 0 Å². The molecule has 2 rings (SSSR count). The molecule has 1 aliphatic rings. The summed E-state index contributed by atoms with van der Waals surface area (Å²) in [4.78, 5) is 0. The molecule has 0 N–H and O–H groups in total. The van der Waals surface area contributed by atoms with Crippen molar-refractivity contribution in [2.45, 2.75) is 45.6 Å². The molecular formula is C15H22O2. The Hall–Kier alpha value is -1.02. The predicted molar refractivity (Wildman–Crippen MR) is 69.9 cm³/mol. The third-order valence-electron chi connectivity index (χ3n) is 3.14. The van der Waals surface area contributed by atoms with E-state index in [0.717, 1.165) is 12.4 Å². The van der Waals surface area contributed by atoms with E-state index in [1.807, 2.05) is 0 Å². The van der Waals surface area contributed by atoms with Gasteiger partial charge in [-0.15, -0.1) is 0 Å². The van der Waals surface area contributed by atoms with Crippen molar-refractivity contribution in [1.82, 2.24) is 0 Å². The van der Waals surface area contributed by atoms with Crippen molar-refractivity contribution >= 4 is 0 Å². The largest absolute Gasteiger partial charge is 0.490 e. The molecule has 1 fully saturated rings. The summed E-state index contributed by atoms with van der Waals surface area (Å²) in [5, 5.41) is 0. The number of hydrogen-bond acceptors (Lipinski definition) is 2. The van der Waals surface area contributed by atoms with Gasteiger partial charge in [-0.3, -0.25) is 0 Å². The third-order valence-corrected chi connectivity index (χ3v) is 3.14. The lowest BCUT2D eigenvalue weighted by Gasteiger charge is -2.19. The molecule has 17 heavy (non-hydrogen) atoms. The smallest absolute Gasteiger partial charge is 0.126 e. The lowest BCUT2D eigenvalue weighted by molar-refractivity contribution is 0.258. The minimum absolute atomic E-state index is 0.315. The monoisotopic (exact) mass is 234 g/mol. The maximum absolute atomic E-state index is 5.99.